The van der Waals surface area contributed by atoms with Gasteiger partial charge in [-0.3, -0.25) is 9.52 Å². The Labute approximate surface area is 199 Å². The summed E-state index contributed by atoms with van der Waals surface area (Å²) in [5, 5.41) is 4.01. The van der Waals surface area contributed by atoms with Crippen LogP contribution in [-0.2, 0) is 16.4 Å². The van der Waals surface area contributed by atoms with Gasteiger partial charge in [0, 0.05) is 34.9 Å². The number of hydrogen-bond donors (Lipinski definition) is 3. The third kappa shape index (κ3) is 5.23. The number of rotatable bonds is 9. The van der Waals surface area contributed by atoms with E-state index in [1.165, 1.54) is 6.07 Å². The zero-order valence-electron chi connectivity index (χ0n) is 19.1. The molecule has 1 aromatic heterocycles. The monoisotopic (exact) mass is 477 g/mol. The number of carbonyl (C=O) groups is 1. The molecule has 3 aromatic carbocycles. The second kappa shape index (κ2) is 10.0. The highest BCUT2D eigenvalue weighted by molar-refractivity contribution is 7.92. The van der Waals surface area contributed by atoms with Crippen molar-refractivity contribution in [2.45, 2.75) is 25.2 Å². The molecule has 0 radical (unpaired) electrons. The van der Waals surface area contributed by atoms with E-state index in [-0.39, 0.29) is 16.4 Å². The SMILES string of the molecule is CCOc1ccc(NS(=O)(=O)c2cc(C(=O)NCCc3c[nH]c4ccccc34)ccc2C)cc1. The first kappa shape index (κ1) is 23.4. The first-order valence-corrected chi connectivity index (χ1v) is 12.5. The zero-order valence-corrected chi connectivity index (χ0v) is 19.9. The van der Waals surface area contributed by atoms with Gasteiger partial charge < -0.3 is 15.0 Å². The van der Waals surface area contributed by atoms with Crippen molar-refractivity contribution in [2.75, 3.05) is 17.9 Å². The van der Waals surface area contributed by atoms with E-state index in [1.807, 2.05) is 37.4 Å². The maximum absolute atomic E-state index is 13.0. The number of ether oxygens (including phenoxy) is 1. The van der Waals surface area contributed by atoms with Crippen LogP contribution in [0.25, 0.3) is 10.9 Å². The van der Waals surface area contributed by atoms with Crippen LogP contribution in [0.1, 0.15) is 28.4 Å². The molecule has 1 heterocycles. The number of H-pyrrole nitrogens is 1. The van der Waals surface area contributed by atoms with Gasteiger partial charge in [0.2, 0.25) is 0 Å². The van der Waals surface area contributed by atoms with Gasteiger partial charge in [0.15, 0.2) is 0 Å². The van der Waals surface area contributed by atoms with E-state index in [0.29, 0.717) is 36.6 Å². The van der Waals surface area contributed by atoms with Gasteiger partial charge in [-0.2, -0.15) is 0 Å². The minimum Gasteiger partial charge on any atom is -0.494 e. The van der Waals surface area contributed by atoms with Crippen LogP contribution in [0.4, 0.5) is 5.69 Å². The summed E-state index contributed by atoms with van der Waals surface area (Å²) < 4.78 is 34.0. The summed E-state index contributed by atoms with van der Waals surface area (Å²) in [6, 6.07) is 19.4. The van der Waals surface area contributed by atoms with Crippen LogP contribution in [0.5, 0.6) is 5.75 Å². The molecule has 0 spiro atoms. The lowest BCUT2D eigenvalue weighted by Gasteiger charge is -2.13. The summed E-state index contributed by atoms with van der Waals surface area (Å²) in [7, 11) is -3.88. The van der Waals surface area contributed by atoms with Gasteiger partial charge in [0.25, 0.3) is 15.9 Å². The van der Waals surface area contributed by atoms with Crippen molar-refractivity contribution in [3.05, 3.63) is 89.6 Å². The number of carbonyl (C=O) groups excluding carboxylic acids is 1. The lowest BCUT2D eigenvalue weighted by molar-refractivity contribution is 0.0954. The molecule has 0 saturated carbocycles. The van der Waals surface area contributed by atoms with Crippen LogP contribution >= 0.6 is 0 Å². The Morgan fingerprint density at radius 1 is 1.03 bits per heavy atom. The molecule has 0 aliphatic rings. The average molecular weight is 478 g/mol. The fourth-order valence-corrected chi connectivity index (χ4v) is 5.11. The molecule has 0 saturated heterocycles. The molecule has 4 aromatic rings. The third-order valence-corrected chi connectivity index (χ3v) is 7.04. The summed E-state index contributed by atoms with van der Waals surface area (Å²) in [5.41, 5.74) is 3.42. The molecule has 0 aliphatic heterocycles. The van der Waals surface area contributed by atoms with Crippen LogP contribution in [0, 0.1) is 6.92 Å². The molecule has 34 heavy (non-hydrogen) atoms. The molecule has 7 nitrogen and oxygen atoms in total. The summed E-state index contributed by atoms with van der Waals surface area (Å²) in [6.45, 7) is 4.54. The van der Waals surface area contributed by atoms with Crippen LogP contribution in [0.15, 0.2) is 77.8 Å². The Bertz CT molecular complexity index is 1410. The van der Waals surface area contributed by atoms with E-state index in [9.17, 15) is 13.2 Å². The highest BCUT2D eigenvalue weighted by Gasteiger charge is 2.19. The number of benzene rings is 3. The fourth-order valence-electron chi connectivity index (χ4n) is 3.78. The quantitative estimate of drug-likeness (QED) is 0.327. The number of anilines is 1. The number of fused-ring (bicyclic) bond motifs is 1. The van der Waals surface area contributed by atoms with Crippen molar-refractivity contribution < 1.29 is 17.9 Å². The minimum atomic E-state index is -3.88. The largest absolute Gasteiger partial charge is 0.494 e. The standard InChI is InChI=1S/C26H27N3O4S/c1-3-33-22-12-10-21(11-13-22)29-34(31,32)25-16-19(9-8-18(25)2)26(30)27-15-14-20-17-28-24-7-5-4-6-23(20)24/h4-13,16-17,28-29H,3,14-15H2,1-2H3,(H,27,30). The Balaban J connectivity index is 1.44. The molecule has 176 valence electrons. The molecule has 0 bridgehead atoms. The number of amides is 1. The van der Waals surface area contributed by atoms with Gasteiger partial charge >= 0.3 is 0 Å². The molecule has 0 atom stereocenters. The maximum atomic E-state index is 13.0. The van der Waals surface area contributed by atoms with Crippen LogP contribution in [0.3, 0.4) is 0 Å². The van der Waals surface area contributed by atoms with Gasteiger partial charge in [0.05, 0.1) is 11.5 Å². The lowest BCUT2D eigenvalue weighted by atomic mass is 10.1. The molecule has 1 amide bonds. The lowest BCUT2D eigenvalue weighted by Crippen LogP contribution is -2.26. The van der Waals surface area contributed by atoms with Crippen molar-refractivity contribution in [2.24, 2.45) is 0 Å². The van der Waals surface area contributed by atoms with E-state index in [0.717, 1.165) is 16.5 Å². The van der Waals surface area contributed by atoms with Crippen LogP contribution in [-0.4, -0.2) is 32.5 Å². The average Bonchev–Trinajstić information content (AvgIpc) is 3.23. The summed E-state index contributed by atoms with van der Waals surface area (Å²) >= 11 is 0. The fraction of sp³-hybridized carbons (Fsp3) is 0.192. The van der Waals surface area contributed by atoms with Crippen molar-refractivity contribution in [1.82, 2.24) is 10.3 Å². The predicted molar refractivity (Wildman–Crippen MR) is 134 cm³/mol. The van der Waals surface area contributed by atoms with Crippen molar-refractivity contribution in [1.29, 1.82) is 0 Å². The predicted octanol–water partition coefficient (Wildman–Crippen LogP) is 4.65. The number of sulfonamides is 1. The first-order chi connectivity index (χ1) is 16.4. The first-order valence-electron chi connectivity index (χ1n) is 11.1. The number of para-hydroxylation sites is 1. The third-order valence-electron chi connectivity index (χ3n) is 5.51. The molecular formula is C26H27N3O4S. The van der Waals surface area contributed by atoms with Crippen molar-refractivity contribution >= 4 is 32.5 Å². The molecule has 4 rings (SSSR count). The molecule has 0 fully saturated rings. The van der Waals surface area contributed by atoms with Gasteiger partial charge in [-0.15, -0.1) is 0 Å². The number of aromatic nitrogens is 1. The number of aryl methyl sites for hydroxylation is 1. The molecule has 0 aliphatic carbocycles. The van der Waals surface area contributed by atoms with Crippen LogP contribution < -0.4 is 14.8 Å². The van der Waals surface area contributed by atoms with E-state index >= 15 is 0 Å². The van der Waals surface area contributed by atoms with Gasteiger partial charge in [-0.25, -0.2) is 8.42 Å². The van der Waals surface area contributed by atoms with E-state index < -0.39 is 10.0 Å². The second-order valence-electron chi connectivity index (χ2n) is 7.91. The minimum absolute atomic E-state index is 0.0608. The zero-order chi connectivity index (χ0) is 24.1. The second-order valence-corrected chi connectivity index (χ2v) is 9.56. The Hall–Kier alpha value is -3.78. The molecule has 8 heteroatoms. The van der Waals surface area contributed by atoms with Crippen molar-refractivity contribution in [3.8, 4) is 5.75 Å². The maximum Gasteiger partial charge on any atom is 0.262 e. The normalized spacial score (nSPS) is 11.4. The summed E-state index contributed by atoms with van der Waals surface area (Å²) in [5.74, 6) is 0.338. The number of hydrogen-bond acceptors (Lipinski definition) is 4. The van der Waals surface area contributed by atoms with Crippen LogP contribution in [0.2, 0.25) is 0 Å². The van der Waals surface area contributed by atoms with E-state index in [2.05, 4.69) is 15.0 Å². The van der Waals surface area contributed by atoms with Gasteiger partial charge in [0.1, 0.15) is 5.75 Å². The Morgan fingerprint density at radius 2 is 1.79 bits per heavy atom. The topological polar surface area (TPSA) is 100 Å². The van der Waals surface area contributed by atoms with Gasteiger partial charge in [-0.05, 0) is 73.9 Å². The van der Waals surface area contributed by atoms with E-state index in [4.69, 9.17) is 4.74 Å². The van der Waals surface area contributed by atoms with Gasteiger partial charge in [-0.1, -0.05) is 24.3 Å². The molecular weight excluding hydrogens is 450 g/mol. The Kier molecular flexibility index (Phi) is 6.88. The highest BCUT2D eigenvalue weighted by atomic mass is 32.2. The number of aromatic amines is 1. The van der Waals surface area contributed by atoms with E-state index in [1.54, 1.807) is 43.3 Å². The number of nitrogens with one attached hydrogen (secondary N) is 3. The summed E-state index contributed by atoms with van der Waals surface area (Å²) in [6.07, 6.45) is 2.60. The van der Waals surface area contributed by atoms with Crippen molar-refractivity contribution in [3.63, 3.8) is 0 Å². The summed E-state index contributed by atoms with van der Waals surface area (Å²) in [4.78, 5) is 16.0. The molecule has 3 N–H and O–H groups in total. The smallest absolute Gasteiger partial charge is 0.262 e. The Morgan fingerprint density at radius 3 is 2.56 bits per heavy atom. The molecule has 0 unspecified atom stereocenters. The highest BCUT2D eigenvalue weighted by Crippen LogP contribution is 2.23.